The molecule has 47 heavy (non-hydrogen) atoms. The van der Waals surface area contributed by atoms with Crippen LogP contribution in [0.1, 0.15) is 45.6 Å². The Balaban J connectivity index is 1.26. The highest BCUT2D eigenvalue weighted by molar-refractivity contribution is 7.91. The van der Waals surface area contributed by atoms with Gasteiger partial charge >= 0.3 is 5.97 Å². The van der Waals surface area contributed by atoms with Crippen LogP contribution in [0.5, 0.6) is 11.5 Å². The minimum atomic E-state index is -3.81. The predicted molar refractivity (Wildman–Crippen MR) is 183 cm³/mol. The number of nitrogens with zero attached hydrogens (tertiary/aromatic N) is 1. The zero-order valence-corrected chi connectivity index (χ0v) is 27.5. The van der Waals surface area contributed by atoms with Gasteiger partial charge in [-0.15, -0.1) is 0 Å². The second kappa shape index (κ2) is 15.4. The fourth-order valence-electron chi connectivity index (χ4n) is 5.36. The maximum atomic E-state index is 13.4. The van der Waals surface area contributed by atoms with Crippen LogP contribution in [0, 0.1) is 0 Å². The molecule has 0 aliphatic carbocycles. The highest BCUT2D eigenvalue weighted by Gasteiger charge is 2.20. The number of carboxylic acids is 1. The highest BCUT2D eigenvalue weighted by Crippen LogP contribution is 2.32. The van der Waals surface area contributed by atoms with Gasteiger partial charge in [0.25, 0.3) is 0 Å². The number of para-hydroxylation sites is 1. The molecule has 0 aromatic heterocycles. The number of sulfone groups is 1. The molecule has 2 N–H and O–H groups in total. The Labute approximate surface area is 280 Å². The summed E-state index contributed by atoms with van der Waals surface area (Å²) in [6.07, 6.45) is 0.510. The summed E-state index contributed by atoms with van der Waals surface area (Å²) >= 11 is 6.15. The lowest BCUT2D eigenvalue weighted by atomic mass is 10.1. The first-order chi connectivity index (χ1) is 22.6. The molecular formula is C38H36ClNO6S. The Kier molecular flexibility index (Phi) is 11.1. The van der Waals surface area contributed by atoms with Crippen LogP contribution in [0.15, 0.2) is 131 Å². The number of carbonyl (C=O) groups is 1. The van der Waals surface area contributed by atoms with Crippen molar-refractivity contribution < 1.29 is 28.2 Å². The van der Waals surface area contributed by atoms with Gasteiger partial charge in [0.15, 0.2) is 0 Å². The first-order valence-electron chi connectivity index (χ1n) is 15.3. The molecule has 5 rings (SSSR count). The number of hydrogen-bond acceptors (Lipinski definition) is 6. The third kappa shape index (κ3) is 8.67. The van der Waals surface area contributed by atoms with Crippen LogP contribution in [0.4, 0.5) is 0 Å². The number of carboxylic acid groups (broad SMARTS) is 1. The van der Waals surface area contributed by atoms with E-state index in [1.165, 1.54) is 30.3 Å². The number of aliphatic hydroxyl groups excluding tert-OH is 1. The summed E-state index contributed by atoms with van der Waals surface area (Å²) in [6, 6.07) is 35.0. The predicted octanol–water partition coefficient (Wildman–Crippen LogP) is 8.00. The number of aliphatic hydroxyl groups is 1. The first kappa shape index (κ1) is 33.9. The Morgan fingerprint density at radius 3 is 2.13 bits per heavy atom. The molecule has 5 aromatic rings. The third-order valence-electron chi connectivity index (χ3n) is 7.93. The van der Waals surface area contributed by atoms with Crippen molar-refractivity contribution in [2.45, 2.75) is 42.2 Å². The summed E-state index contributed by atoms with van der Waals surface area (Å²) in [5.41, 5.74) is 3.62. The fourth-order valence-corrected chi connectivity index (χ4v) is 6.82. The van der Waals surface area contributed by atoms with Gasteiger partial charge in [-0.25, -0.2) is 13.2 Å². The topological polar surface area (TPSA) is 104 Å². The van der Waals surface area contributed by atoms with E-state index in [1.807, 2.05) is 49.4 Å². The van der Waals surface area contributed by atoms with E-state index in [-0.39, 0.29) is 21.1 Å². The smallest absolute Gasteiger partial charge is 0.339 e. The van der Waals surface area contributed by atoms with E-state index in [4.69, 9.17) is 16.3 Å². The van der Waals surface area contributed by atoms with E-state index < -0.39 is 21.9 Å². The molecule has 242 valence electrons. The van der Waals surface area contributed by atoms with Crippen molar-refractivity contribution in [3.8, 4) is 11.5 Å². The number of benzene rings is 5. The average Bonchev–Trinajstić information content (AvgIpc) is 3.08. The van der Waals surface area contributed by atoms with E-state index in [0.29, 0.717) is 43.2 Å². The van der Waals surface area contributed by atoms with Gasteiger partial charge in [-0.1, -0.05) is 85.3 Å². The number of aromatic carboxylic acids is 1. The van der Waals surface area contributed by atoms with Gasteiger partial charge in [0.2, 0.25) is 9.84 Å². The second-order valence-electron chi connectivity index (χ2n) is 11.2. The molecule has 0 spiro atoms. The van der Waals surface area contributed by atoms with Crippen LogP contribution >= 0.6 is 11.6 Å². The van der Waals surface area contributed by atoms with Gasteiger partial charge in [-0.05, 0) is 89.7 Å². The Morgan fingerprint density at radius 1 is 0.830 bits per heavy atom. The molecular weight excluding hydrogens is 634 g/mol. The van der Waals surface area contributed by atoms with E-state index in [0.717, 1.165) is 22.3 Å². The summed E-state index contributed by atoms with van der Waals surface area (Å²) in [6.45, 7) is 3.60. The minimum Gasteiger partial charge on any atom is -0.478 e. The van der Waals surface area contributed by atoms with Crippen LogP contribution in [0.3, 0.4) is 0 Å². The molecule has 0 aliphatic heterocycles. The standard InChI is InChI=1S/C38H36ClNO6S/c1-2-29-10-7-13-35(38(42)43)37(29)46-32-16-20-34(21-17-32)47(44,45)33-18-14-27(15-19-33)22-23-40(25-28-8-4-3-5-9-28)26-36(41)30-11-6-12-31(39)24-30/h3-21,24,36,41H,2,22-23,25-26H2,1H3,(H,42,43). The number of rotatable bonds is 14. The molecule has 7 nitrogen and oxygen atoms in total. The quantitative estimate of drug-likeness (QED) is 0.123. The molecule has 0 radical (unpaired) electrons. The Hall–Kier alpha value is -4.47. The largest absolute Gasteiger partial charge is 0.478 e. The molecule has 1 atom stereocenters. The van der Waals surface area contributed by atoms with Crippen molar-refractivity contribution >= 4 is 27.4 Å². The van der Waals surface area contributed by atoms with E-state index >= 15 is 0 Å². The van der Waals surface area contributed by atoms with Crippen LogP contribution in [0.25, 0.3) is 0 Å². The molecule has 5 aromatic carbocycles. The highest BCUT2D eigenvalue weighted by atomic mass is 35.5. The molecule has 0 saturated carbocycles. The van der Waals surface area contributed by atoms with Crippen LogP contribution in [0.2, 0.25) is 5.02 Å². The van der Waals surface area contributed by atoms with Crippen molar-refractivity contribution in [1.29, 1.82) is 0 Å². The van der Waals surface area contributed by atoms with Crippen molar-refractivity contribution in [3.05, 3.63) is 154 Å². The molecule has 0 amide bonds. The number of hydrogen-bond donors (Lipinski definition) is 2. The maximum Gasteiger partial charge on any atom is 0.339 e. The zero-order chi connectivity index (χ0) is 33.4. The van der Waals surface area contributed by atoms with Crippen molar-refractivity contribution in [2.75, 3.05) is 13.1 Å². The zero-order valence-electron chi connectivity index (χ0n) is 25.9. The van der Waals surface area contributed by atoms with Gasteiger partial charge in [0.1, 0.15) is 17.1 Å². The number of halogens is 1. The van der Waals surface area contributed by atoms with Crippen LogP contribution in [-0.4, -0.2) is 42.6 Å². The van der Waals surface area contributed by atoms with Gasteiger partial charge in [0.05, 0.1) is 15.9 Å². The summed E-state index contributed by atoms with van der Waals surface area (Å²) < 4.78 is 32.8. The SMILES string of the molecule is CCc1cccc(C(=O)O)c1Oc1ccc(S(=O)(=O)c2ccc(CCN(Cc3ccccc3)CC(O)c3cccc(Cl)c3)cc2)cc1. The van der Waals surface area contributed by atoms with Gasteiger partial charge < -0.3 is 14.9 Å². The maximum absolute atomic E-state index is 13.4. The average molecular weight is 670 g/mol. The normalized spacial score (nSPS) is 12.2. The van der Waals surface area contributed by atoms with E-state index in [2.05, 4.69) is 17.0 Å². The lowest BCUT2D eigenvalue weighted by Crippen LogP contribution is -2.30. The van der Waals surface area contributed by atoms with Crippen molar-refractivity contribution in [1.82, 2.24) is 4.90 Å². The summed E-state index contributed by atoms with van der Waals surface area (Å²) in [7, 11) is -3.81. The van der Waals surface area contributed by atoms with Crippen LogP contribution < -0.4 is 4.74 Å². The van der Waals surface area contributed by atoms with Crippen LogP contribution in [-0.2, 0) is 29.2 Å². The molecule has 0 bridgehead atoms. The fraction of sp³-hybridized carbons (Fsp3) is 0.184. The third-order valence-corrected chi connectivity index (χ3v) is 9.95. The first-order valence-corrected chi connectivity index (χ1v) is 17.2. The number of aryl methyl sites for hydroxylation is 1. The Morgan fingerprint density at radius 2 is 1.49 bits per heavy atom. The Bertz CT molecular complexity index is 1910. The summed E-state index contributed by atoms with van der Waals surface area (Å²) in [5, 5.41) is 21.1. The van der Waals surface area contributed by atoms with E-state index in [9.17, 15) is 23.4 Å². The van der Waals surface area contributed by atoms with Gasteiger partial charge in [0, 0.05) is 24.7 Å². The molecule has 1 unspecified atom stereocenters. The summed E-state index contributed by atoms with van der Waals surface area (Å²) in [4.78, 5) is 14.2. The second-order valence-corrected chi connectivity index (χ2v) is 13.6. The monoisotopic (exact) mass is 669 g/mol. The molecule has 9 heteroatoms. The van der Waals surface area contributed by atoms with E-state index in [1.54, 1.807) is 36.4 Å². The molecule has 0 heterocycles. The minimum absolute atomic E-state index is 0.0432. The van der Waals surface area contributed by atoms with Gasteiger partial charge in [-0.3, -0.25) is 4.90 Å². The molecule has 0 saturated heterocycles. The number of ether oxygens (including phenoxy) is 1. The summed E-state index contributed by atoms with van der Waals surface area (Å²) in [5.74, 6) is -0.518. The molecule has 0 fully saturated rings. The van der Waals surface area contributed by atoms with Crippen molar-refractivity contribution in [3.63, 3.8) is 0 Å². The lowest BCUT2D eigenvalue weighted by Gasteiger charge is -2.25. The van der Waals surface area contributed by atoms with Crippen molar-refractivity contribution in [2.24, 2.45) is 0 Å². The van der Waals surface area contributed by atoms with Gasteiger partial charge in [-0.2, -0.15) is 0 Å². The molecule has 0 aliphatic rings. The lowest BCUT2D eigenvalue weighted by molar-refractivity contribution is 0.0694.